The van der Waals surface area contributed by atoms with Gasteiger partial charge in [0.15, 0.2) is 29.5 Å². The minimum absolute atomic E-state index is 0.0512. The molecule has 3 nitrogen and oxygen atoms in total. The third-order valence-corrected chi connectivity index (χ3v) is 7.74. The van der Waals surface area contributed by atoms with Crippen LogP contribution in [-0.2, 0) is 16.1 Å². The minimum Gasteiger partial charge on any atom is -0.491 e. The minimum atomic E-state index is -1.06. The lowest BCUT2D eigenvalue weighted by Gasteiger charge is -2.29. The molecule has 222 valence electrons. The quantitative estimate of drug-likeness (QED) is 0.142. The van der Waals surface area contributed by atoms with Crippen LogP contribution in [0, 0.1) is 29.2 Å². The molecule has 4 rings (SSSR count). The van der Waals surface area contributed by atoms with Crippen molar-refractivity contribution in [3.05, 3.63) is 77.4 Å². The molecule has 0 bridgehead atoms. The van der Waals surface area contributed by atoms with E-state index in [4.69, 9.17) is 14.2 Å². The molecule has 3 aromatic rings. The Morgan fingerprint density at radius 2 is 1.34 bits per heavy atom. The van der Waals surface area contributed by atoms with Crippen LogP contribution in [-0.4, -0.2) is 19.5 Å². The van der Waals surface area contributed by atoms with Crippen molar-refractivity contribution >= 4 is 0 Å². The largest absolute Gasteiger partial charge is 0.491 e. The fourth-order valence-corrected chi connectivity index (χ4v) is 5.31. The smallest absolute Gasteiger partial charge is 0.201 e. The third-order valence-electron chi connectivity index (χ3n) is 7.74. The molecule has 1 saturated heterocycles. The van der Waals surface area contributed by atoms with Crippen LogP contribution in [0.4, 0.5) is 17.6 Å². The van der Waals surface area contributed by atoms with Crippen LogP contribution in [0.25, 0.3) is 22.3 Å². The molecular formula is C34H40F4O3. The predicted molar refractivity (Wildman–Crippen MR) is 154 cm³/mol. The first-order valence-corrected chi connectivity index (χ1v) is 14.8. The van der Waals surface area contributed by atoms with Crippen LogP contribution < -0.4 is 4.74 Å². The Hall–Kier alpha value is -2.90. The fraction of sp³-hybridized carbons (Fsp3) is 0.471. The SMILES string of the molecule is CCCCCCCCC1CCC(OCc2ccc(-c3ccc(-c4ccc(OCC)c(F)c4F)cc3)c(F)c2F)OC1. The average Bonchev–Trinajstić information content (AvgIpc) is 2.99. The first-order chi connectivity index (χ1) is 19.9. The maximum absolute atomic E-state index is 15.1. The van der Waals surface area contributed by atoms with E-state index < -0.39 is 29.6 Å². The monoisotopic (exact) mass is 572 g/mol. The zero-order valence-electron chi connectivity index (χ0n) is 24.0. The lowest BCUT2D eigenvalue weighted by molar-refractivity contribution is -0.182. The van der Waals surface area contributed by atoms with E-state index in [1.807, 2.05) is 0 Å². The first-order valence-electron chi connectivity index (χ1n) is 14.8. The predicted octanol–water partition coefficient (Wildman–Crippen LogP) is 10.00. The highest BCUT2D eigenvalue weighted by Crippen LogP contribution is 2.33. The van der Waals surface area contributed by atoms with E-state index in [9.17, 15) is 13.2 Å². The van der Waals surface area contributed by atoms with Crippen molar-refractivity contribution in [2.75, 3.05) is 13.2 Å². The van der Waals surface area contributed by atoms with E-state index in [-0.39, 0.29) is 35.7 Å². The molecule has 1 fully saturated rings. The third kappa shape index (κ3) is 8.10. The number of unbranched alkanes of at least 4 members (excludes halogenated alkanes) is 5. The van der Waals surface area contributed by atoms with Crippen LogP contribution in [0.15, 0.2) is 48.5 Å². The van der Waals surface area contributed by atoms with Gasteiger partial charge in [-0.25, -0.2) is 13.2 Å². The van der Waals surface area contributed by atoms with E-state index in [1.165, 1.54) is 62.8 Å². The highest BCUT2D eigenvalue weighted by atomic mass is 19.2. The van der Waals surface area contributed by atoms with E-state index in [2.05, 4.69) is 6.92 Å². The Bertz CT molecular complexity index is 1250. The molecule has 41 heavy (non-hydrogen) atoms. The van der Waals surface area contributed by atoms with Crippen molar-refractivity contribution in [1.82, 2.24) is 0 Å². The summed E-state index contributed by atoms with van der Waals surface area (Å²) in [6.07, 6.45) is 10.2. The second kappa shape index (κ2) is 15.4. The molecule has 0 saturated carbocycles. The lowest BCUT2D eigenvalue weighted by atomic mass is 9.94. The van der Waals surface area contributed by atoms with Crippen LogP contribution in [0.5, 0.6) is 5.75 Å². The first kappa shape index (κ1) is 31.0. The van der Waals surface area contributed by atoms with Gasteiger partial charge in [-0.15, -0.1) is 0 Å². The van der Waals surface area contributed by atoms with Gasteiger partial charge in [0, 0.05) is 16.7 Å². The summed E-state index contributed by atoms with van der Waals surface area (Å²) in [6.45, 7) is 4.67. The Balaban J connectivity index is 1.31. The molecule has 2 atom stereocenters. The van der Waals surface area contributed by atoms with Gasteiger partial charge >= 0.3 is 0 Å². The summed E-state index contributed by atoms with van der Waals surface area (Å²) in [4.78, 5) is 0. The van der Waals surface area contributed by atoms with Gasteiger partial charge in [0.1, 0.15) is 0 Å². The van der Waals surface area contributed by atoms with E-state index in [0.29, 0.717) is 23.7 Å². The summed E-state index contributed by atoms with van der Waals surface area (Å²) in [6, 6.07) is 12.0. The van der Waals surface area contributed by atoms with Crippen molar-refractivity contribution in [2.45, 2.75) is 84.5 Å². The zero-order valence-corrected chi connectivity index (χ0v) is 24.0. The van der Waals surface area contributed by atoms with Gasteiger partial charge in [-0.2, -0.15) is 4.39 Å². The van der Waals surface area contributed by atoms with Crippen LogP contribution in [0.3, 0.4) is 0 Å². The molecule has 1 heterocycles. The molecule has 0 aliphatic carbocycles. The number of hydrogen-bond acceptors (Lipinski definition) is 3. The number of hydrogen-bond donors (Lipinski definition) is 0. The highest BCUT2D eigenvalue weighted by molar-refractivity contribution is 5.71. The topological polar surface area (TPSA) is 27.7 Å². The van der Waals surface area contributed by atoms with Crippen molar-refractivity contribution in [3.63, 3.8) is 0 Å². The van der Waals surface area contributed by atoms with Gasteiger partial charge < -0.3 is 14.2 Å². The Labute approximate surface area is 240 Å². The molecule has 0 radical (unpaired) electrons. The lowest BCUT2D eigenvalue weighted by Crippen LogP contribution is -2.28. The summed E-state index contributed by atoms with van der Waals surface area (Å²) in [5.41, 5.74) is 1.06. The Kier molecular flexibility index (Phi) is 11.6. The van der Waals surface area contributed by atoms with Gasteiger partial charge in [0.2, 0.25) is 5.82 Å². The second-order valence-electron chi connectivity index (χ2n) is 10.7. The molecule has 1 aliphatic rings. The summed E-state index contributed by atoms with van der Waals surface area (Å²) in [5, 5.41) is 0. The molecule has 2 unspecified atom stereocenters. The second-order valence-corrected chi connectivity index (χ2v) is 10.7. The van der Waals surface area contributed by atoms with Gasteiger partial charge in [-0.05, 0) is 55.4 Å². The molecule has 0 aromatic heterocycles. The van der Waals surface area contributed by atoms with Crippen molar-refractivity contribution in [2.24, 2.45) is 5.92 Å². The van der Waals surface area contributed by atoms with Gasteiger partial charge in [-0.1, -0.05) is 81.8 Å². The van der Waals surface area contributed by atoms with Crippen LogP contribution >= 0.6 is 0 Å². The number of halogens is 4. The maximum atomic E-state index is 15.1. The normalized spacial score (nSPS) is 17.1. The van der Waals surface area contributed by atoms with Crippen molar-refractivity contribution < 1.29 is 31.8 Å². The van der Waals surface area contributed by atoms with Crippen LogP contribution in [0.1, 0.15) is 77.2 Å². The Morgan fingerprint density at radius 3 is 1.98 bits per heavy atom. The standard InChI is InChI=1S/C34H40F4O3/c1-3-5-6-7-8-9-10-23-11-20-30(40-21-23)41-22-26-16-17-27(32(36)31(26)35)24-12-14-25(15-13-24)28-18-19-29(39-4-2)34(38)33(28)37/h12-19,23,30H,3-11,20-22H2,1-2H3. The van der Waals surface area contributed by atoms with Gasteiger partial charge in [0.05, 0.1) is 19.8 Å². The number of benzene rings is 3. The Morgan fingerprint density at radius 1 is 0.707 bits per heavy atom. The summed E-state index contributed by atoms with van der Waals surface area (Å²) < 4.78 is 75.6. The van der Waals surface area contributed by atoms with E-state index in [0.717, 1.165) is 19.3 Å². The zero-order chi connectivity index (χ0) is 29.2. The molecule has 0 N–H and O–H groups in total. The maximum Gasteiger partial charge on any atom is 0.201 e. The molecule has 7 heteroatoms. The van der Waals surface area contributed by atoms with Gasteiger partial charge in [-0.3, -0.25) is 0 Å². The van der Waals surface area contributed by atoms with E-state index in [1.54, 1.807) is 31.2 Å². The number of rotatable bonds is 14. The van der Waals surface area contributed by atoms with Gasteiger partial charge in [0.25, 0.3) is 0 Å². The summed E-state index contributed by atoms with van der Waals surface area (Å²) in [5.74, 6) is -3.67. The van der Waals surface area contributed by atoms with E-state index >= 15 is 4.39 Å². The summed E-state index contributed by atoms with van der Waals surface area (Å²) >= 11 is 0. The number of ether oxygens (including phenoxy) is 3. The molecule has 3 aromatic carbocycles. The van der Waals surface area contributed by atoms with Crippen LogP contribution in [0.2, 0.25) is 0 Å². The van der Waals surface area contributed by atoms with Crippen molar-refractivity contribution in [1.29, 1.82) is 0 Å². The van der Waals surface area contributed by atoms with Crippen molar-refractivity contribution in [3.8, 4) is 28.0 Å². The molecule has 1 aliphatic heterocycles. The summed E-state index contributed by atoms with van der Waals surface area (Å²) in [7, 11) is 0. The molecular weight excluding hydrogens is 532 g/mol. The average molecular weight is 573 g/mol. The highest BCUT2D eigenvalue weighted by Gasteiger charge is 2.23. The molecule has 0 spiro atoms. The fourth-order valence-electron chi connectivity index (χ4n) is 5.31. The molecule has 0 amide bonds.